The Morgan fingerprint density at radius 1 is 0.814 bits per heavy atom. The predicted molar refractivity (Wildman–Crippen MR) is 139 cm³/mol. The highest BCUT2D eigenvalue weighted by Crippen LogP contribution is 2.38. The number of likely N-dealkylation sites (tertiary alicyclic amines) is 1. The Kier molecular flexibility index (Phi) is 8.97. The summed E-state index contributed by atoms with van der Waals surface area (Å²) in [4.78, 5) is 25.2. The van der Waals surface area contributed by atoms with E-state index in [1.165, 1.54) is 29.2 Å². The molecule has 2 unspecified atom stereocenters. The van der Waals surface area contributed by atoms with Crippen LogP contribution < -0.4 is 14.8 Å². The Morgan fingerprint density at radius 2 is 1.26 bits per heavy atom. The number of halogens is 6. The van der Waals surface area contributed by atoms with Gasteiger partial charge < -0.3 is 19.7 Å². The van der Waals surface area contributed by atoms with E-state index in [0.29, 0.717) is 13.1 Å². The van der Waals surface area contributed by atoms with Crippen molar-refractivity contribution in [2.45, 2.75) is 52.3 Å². The third-order valence-electron chi connectivity index (χ3n) is 6.96. The van der Waals surface area contributed by atoms with E-state index in [-0.39, 0.29) is 23.3 Å². The van der Waals surface area contributed by atoms with Crippen LogP contribution in [0, 0.1) is 33.5 Å². The fourth-order valence-corrected chi connectivity index (χ4v) is 4.71. The lowest BCUT2D eigenvalue weighted by atomic mass is 9.89. The standard InChI is InChI=1S/C15H15F3N2O2.C14H13F3N2O2/c1-14(2)8-20(3)13(21)12(14)22-10-5-4-9(7-19)11(6-10)15(16,17)18;1-13(2)7-19-12(20)11(13)21-9-4-3-8(6-18)10(5-9)14(15,16)17/h4-6,12H,8H2,1-3H3;3-5,11H,7H2,1-2H3,(H,19,20). The monoisotopic (exact) mass is 610 g/mol. The van der Waals surface area contributed by atoms with E-state index in [0.717, 1.165) is 24.3 Å². The Balaban J connectivity index is 0.000000236. The number of ether oxygens (including phenoxy) is 2. The Morgan fingerprint density at radius 3 is 1.58 bits per heavy atom. The van der Waals surface area contributed by atoms with Gasteiger partial charge in [0.25, 0.3) is 11.8 Å². The molecule has 2 atom stereocenters. The van der Waals surface area contributed by atoms with E-state index >= 15 is 0 Å². The second-order valence-corrected chi connectivity index (χ2v) is 11.5. The highest BCUT2D eigenvalue weighted by molar-refractivity contribution is 5.85. The predicted octanol–water partition coefficient (Wildman–Crippen LogP) is 5.30. The van der Waals surface area contributed by atoms with Crippen molar-refractivity contribution in [3.8, 4) is 23.6 Å². The van der Waals surface area contributed by atoms with Crippen molar-refractivity contribution in [1.29, 1.82) is 10.5 Å². The molecule has 0 saturated carbocycles. The van der Waals surface area contributed by atoms with Gasteiger partial charge >= 0.3 is 12.4 Å². The number of nitrogens with one attached hydrogen (secondary N) is 1. The van der Waals surface area contributed by atoms with Crippen molar-refractivity contribution in [3.05, 3.63) is 58.7 Å². The first-order chi connectivity index (χ1) is 19.7. The van der Waals surface area contributed by atoms with Gasteiger partial charge in [-0.3, -0.25) is 9.59 Å². The maximum atomic E-state index is 12.9. The SMILES string of the molecule is CC1(C)CNC(=O)C1Oc1ccc(C#N)c(C(F)(F)F)c1.CN1CC(C)(C)C(Oc2ccc(C#N)c(C(F)(F)F)c2)C1=O. The normalized spacial score (nSPS) is 20.8. The van der Waals surface area contributed by atoms with Gasteiger partial charge in [0.2, 0.25) is 0 Å². The molecule has 14 heteroatoms. The Hall–Kier alpha value is -4.46. The molecule has 2 aromatic rings. The third kappa shape index (κ3) is 7.31. The van der Waals surface area contributed by atoms with Gasteiger partial charge in [0, 0.05) is 31.0 Å². The molecular formula is C29H28F6N4O4. The van der Waals surface area contributed by atoms with E-state index in [9.17, 15) is 35.9 Å². The number of hydrogen-bond acceptors (Lipinski definition) is 6. The van der Waals surface area contributed by atoms with Crippen LogP contribution in [-0.4, -0.2) is 49.1 Å². The molecule has 0 aliphatic carbocycles. The average Bonchev–Trinajstić information content (AvgIpc) is 3.27. The van der Waals surface area contributed by atoms with Crippen LogP contribution in [0.4, 0.5) is 26.3 Å². The number of alkyl halides is 6. The molecule has 2 aromatic carbocycles. The molecule has 2 saturated heterocycles. The van der Waals surface area contributed by atoms with Crippen LogP contribution in [0.3, 0.4) is 0 Å². The van der Waals surface area contributed by atoms with E-state index in [4.69, 9.17) is 20.0 Å². The van der Waals surface area contributed by atoms with Gasteiger partial charge in [-0.2, -0.15) is 36.9 Å². The molecule has 43 heavy (non-hydrogen) atoms. The summed E-state index contributed by atoms with van der Waals surface area (Å²) in [5.41, 5.74) is -4.14. The molecule has 0 aromatic heterocycles. The summed E-state index contributed by atoms with van der Waals surface area (Å²) in [6, 6.07) is 9.13. The maximum absolute atomic E-state index is 12.9. The highest BCUT2D eigenvalue weighted by atomic mass is 19.4. The van der Waals surface area contributed by atoms with Gasteiger partial charge in [-0.15, -0.1) is 0 Å². The van der Waals surface area contributed by atoms with Gasteiger partial charge in [-0.25, -0.2) is 0 Å². The Labute approximate surface area is 243 Å². The molecule has 2 aliphatic rings. The number of carbonyl (C=O) groups excluding carboxylic acids is 2. The van der Waals surface area contributed by atoms with Gasteiger partial charge in [0.15, 0.2) is 12.2 Å². The van der Waals surface area contributed by atoms with E-state index < -0.39 is 57.6 Å². The van der Waals surface area contributed by atoms with Crippen LogP contribution >= 0.6 is 0 Å². The largest absolute Gasteiger partial charge is 0.480 e. The fraction of sp³-hybridized carbons (Fsp3) is 0.448. The van der Waals surface area contributed by atoms with Crippen LogP contribution in [0.5, 0.6) is 11.5 Å². The lowest BCUT2D eigenvalue weighted by molar-refractivity contribution is -0.138. The maximum Gasteiger partial charge on any atom is 0.417 e. The molecule has 2 amide bonds. The van der Waals surface area contributed by atoms with E-state index in [1.54, 1.807) is 20.9 Å². The first-order valence-corrected chi connectivity index (χ1v) is 12.8. The van der Waals surface area contributed by atoms with Crippen molar-refractivity contribution in [1.82, 2.24) is 10.2 Å². The minimum atomic E-state index is -4.66. The van der Waals surface area contributed by atoms with Crippen molar-refractivity contribution >= 4 is 11.8 Å². The van der Waals surface area contributed by atoms with Gasteiger partial charge in [0.1, 0.15) is 11.5 Å². The highest BCUT2D eigenvalue weighted by Gasteiger charge is 2.47. The van der Waals surface area contributed by atoms with E-state index in [2.05, 4.69) is 5.32 Å². The second-order valence-electron chi connectivity index (χ2n) is 11.5. The topological polar surface area (TPSA) is 115 Å². The molecule has 8 nitrogen and oxygen atoms in total. The summed E-state index contributed by atoms with van der Waals surface area (Å²) >= 11 is 0. The molecule has 2 heterocycles. The van der Waals surface area contributed by atoms with Crippen LogP contribution in [-0.2, 0) is 21.9 Å². The number of amides is 2. The quantitative estimate of drug-likeness (QED) is 0.470. The number of hydrogen-bond donors (Lipinski definition) is 1. The smallest absolute Gasteiger partial charge is 0.417 e. The molecule has 230 valence electrons. The van der Waals surface area contributed by atoms with Gasteiger partial charge in [0.05, 0.1) is 34.4 Å². The van der Waals surface area contributed by atoms with Crippen molar-refractivity contribution in [2.75, 3.05) is 20.1 Å². The van der Waals surface area contributed by atoms with Crippen molar-refractivity contribution in [2.24, 2.45) is 10.8 Å². The number of nitrogens with zero attached hydrogens (tertiary/aromatic N) is 3. The molecule has 4 rings (SSSR count). The first-order valence-electron chi connectivity index (χ1n) is 12.8. The Bertz CT molecular complexity index is 1490. The molecule has 2 aliphatic heterocycles. The van der Waals surface area contributed by atoms with Gasteiger partial charge in [-0.05, 0) is 36.4 Å². The summed E-state index contributed by atoms with van der Waals surface area (Å²) in [5.74, 6) is -0.801. The number of carbonyl (C=O) groups is 2. The van der Waals surface area contributed by atoms with Crippen LogP contribution in [0.2, 0.25) is 0 Å². The molecule has 1 N–H and O–H groups in total. The lowest BCUT2D eigenvalue weighted by Gasteiger charge is -2.24. The zero-order chi connectivity index (χ0) is 32.5. The zero-order valence-electron chi connectivity index (χ0n) is 23.8. The summed E-state index contributed by atoms with van der Waals surface area (Å²) in [5, 5.41) is 20.1. The summed E-state index contributed by atoms with van der Waals surface area (Å²) in [6.07, 6.45) is -11.0. The molecule has 0 radical (unpaired) electrons. The number of benzene rings is 2. The molecule has 0 spiro atoms. The molecule has 2 fully saturated rings. The van der Waals surface area contributed by atoms with Gasteiger partial charge in [-0.1, -0.05) is 27.7 Å². The van der Waals surface area contributed by atoms with Crippen LogP contribution in [0.15, 0.2) is 36.4 Å². The number of likely N-dealkylation sites (N-methyl/N-ethyl adjacent to an activating group) is 1. The first kappa shape index (κ1) is 33.0. The van der Waals surface area contributed by atoms with Crippen LogP contribution in [0.25, 0.3) is 0 Å². The molecule has 0 bridgehead atoms. The fourth-order valence-electron chi connectivity index (χ4n) is 4.71. The average molecular weight is 611 g/mol. The zero-order valence-corrected chi connectivity index (χ0v) is 23.8. The lowest BCUT2D eigenvalue weighted by Crippen LogP contribution is -2.36. The molecular weight excluding hydrogens is 582 g/mol. The third-order valence-corrected chi connectivity index (χ3v) is 6.96. The minimum Gasteiger partial charge on any atom is -0.480 e. The minimum absolute atomic E-state index is 0.0759. The second kappa shape index (κ2) is 11.7. The van der Waals surface area contributed by atoms with E-state index in [1.807, 2.05) is 13.8 Å². The van der Waals surface area contributed by atoms with Crippen molar-refractivity contribution in [3.63, 3.8) is 0 Å². The van der Waals surface area contributed by atoms with Crippen LogP contribution in [0.1, 0.15) is 49.9 Å². The summed E-state index contributed by atoms with van der Waals surface area (Å²) in [6.45, 7) is 8.03. The number of rotatable bonds is 4. The summed E-state index contributed by atoms with van der Waals surface area (Å²) < 4.78 is 88.4. The number of nitriles is 2. The summed E-state index contributed by atoms with van der Waals surface area (Å²) in [7, 11) is 1.62. The van der Waals surface area contributed by atoms with Crippen molar-refractivity contribution < 1.29 is 45.4 Å².